The number of nitrogens with zero attached hydrogens (tertiary/aromatic N) is 1. The second-order valence-electron chi connectivity index (χ2n) is 5.38. The van der Waals surface area contributed by atoms with Gasteiger partial charge in [-0.3, -0.25) is 4.98 Å². The van der Waals surface area contributed by atoms with E-state index >= 15 is 0 Å². The average molecular weight is 220 g/mol. The Morgan fingerprint density at radius 1 is 1.38 bits per heavy atom. The maximum atomic E-state index is 4.15. The zero-order valence-electron chi connectivity index (χ0n) is 11.0. The predicted molar refractivity (Wildman–Crippen MR) is 69.5 cm³/mol. The number of hydrogen-bond acceptors (Lipinski definition) is 2. The van der Waals surface area contributed by atoms with Gasteiger partial charge in [0.15, 0.2) is 0 Å². The summed E-state index contributed by atoms with van der Waals surface area (Å²) in [5.74, 6) is 0. The van der Waals surface area contributed by atoms with E-state index in [9.17, 15) is 0 Å². The monoisotopic (exact) mass is 220 g/mol. The Morgan fingerprint density at radius 2 is 2.12 bits per heavy atom. The van der Waals surface area contributed by atoms with Gasteiger partial charge in [-0.15, -0.1) is 0 Å². The molecule has 0 bridgehead atoms. The first kappa shape index (κ1) is 13.2. The van der Waals surface area contributed by atoms with Crippen LogP contribution in [0.1, 0.15) is 39.7 Å². The van der Waals surface area contributed by atoms with Crippen molar-refractivity contribution >= 4 is 0 Å². The quantitative estimate of drug-likeness (QED) is 0.825. The smallest absolute Gasteiger partial charge is 0.0299 e. The molecule has 0 aliphatic rings. The van der Waals surface area contributed by atoms with Gasteiger partial charge in [0.25, 0.3) is 0 Å². The Balaban J connectivity index is 2.51. The summed E-state index contributed by atoms with van der Waals surface area (Å²) < 4.78 is 0. The lowest BCUT2D eigenvalue weighted by Crippen LogP contribution is -2.40. The number of aryl methyl sites for hydroxylation is 1. The molecule has 1 aromatic heterocycles. The molecule has 16 heavy (non-hydrogen) atoms. The van der Waals surface area contributed by atoms with Gasteiger partial charge in [0.05, 0.1) is 0 Å². The molecule has 0 spiro atoms. The number of aromatic nitrogens is 1. The Bertz CT molecular complexity index is 287. The molecule has 0 aliphatic heterocycles. The third-order valence-corrected chi connectivity index (χ3v) is 2.94. The molecule has 1 N–H and O–H groups in total. The van der Waals surface area contributed by atoms with Crippen molar-refractivity contribution in [3.05, 3.63) is 30.1 Å². The zero-order valence-corrected chi connectivity index (χ0v) is 11.0. The van der Waals surface area contributed by atoms with Crippen LogP contribution in [-0.2, 0) is 6.42 Å². The van der Waals surface area contributed by atoms with Crippen molar-refractivity contribution in [1.29, 1.82) is 0 Å². The van der Waals surface area contributed by atoms with E-state index in [-0.39, 0.29) is 0 Å². The van der Waals surface area contributed by atoms with E-state index in [4.69, 9.17) is 0 Å². The summed E-state index contributed by atoms with van der Waals surface area (Å²) in [6, 6.07) is 4.73. The fraction of sp³-hybridized carbons (Fsp3) is 0.643. The minimum absolute atomic E-state index is 0.318. The van der Waals surface area contributed by atoms with Gasteiger partial charge in [-0.1, -0.05) is 33.8 Å². The number of rotatable bonds is 5. The zero-order chi connectivity index (χ0) is 12.0. The molecule has 0 saturated carbocycles. The van der Waals surface area contributed by atoms with Gasteiger partial charge in [0.2, 0.25) is 0 Å². The fourth-order valence-electron chi connectivity index (χ4n) is 1.94. The Labute approximate surface area is 99.5 Å². The maximum Gasteiger partial charge on any atom is 0.0299 e. The Morgan fingerprint density at radius 3 is 2.62 bits per heavy atom. The molecular formula is C14H24N2. The average Bonchev–Trinajstić information content (AvgIpc) is 2.24. The van der Waals surface area contributed by atoms with Crippen LogP contribution in [0.4, 0.5) is 0 Å². The molecule has 1 atom stereocenters. The molecule has 2 nitrogen and oxygen atoms in total. The van der Waals surface area contributed by atoms with Crippen LogP contribution in [0.15, 0.2) is 24.5 Å². The van der Waals surface area contributed by atoms with E-state index < -0.39 is 0 Å². The summed E-state index contributed by atoms with van der Waals surface area (Å²) in [5, 5.41) is 3.57. The molecule has 90 valence electrons. The highest BCUT2D eigenvalue weighted by Gasteiger charge is 2.22. The van der Waals surface area contributed by atoms with E-state index in [2.05, 4.69) is 44.1 Å². The standard InChI is InChI=1S/C14H24N2/c1-5-16-13(14(2,3)4)9-8-12-7-6-10-15-11-12/h6-7,10-11,13,16H,5,8-9H2,1-4H3. The van der Waals surface area contributed by atoms with E-state index in [1.54, 1.807) is 0 Å². The molecule has 0 fully saturated rings. The minimum atomic E-state index is 0.318. The lowest BCUT2D eigenvalue weighted by atomic mass is 9.83. The van der Waals surface area contributed by atoms with E-state index in [0.29, 0.717) is 11.5 Å². The van der Waals surface area contributed by atoms with Crippen LogP contribution in [0.5, 0.6) is 0 Å². The van der Waals surface area contributed by atoms with Crippen LogP contribution >= 0.6 is 0 Å². The minimum Gasteiger partial charge on any atom is -0.314 e. The molecule has 2 heteroatoms. The SMILES string of the molecule is CCNC(CCc1cccnc1)C(C)(C)C. The first-order chi connectivity index (χ1) is 7.54. The molecule has 1 unspecified atom stereocenters. The van der Waals surface area contributed by atoms with Gasteiger partial charge < -0.3 is 5.32 Å². The van der Waals surface area contributed by atoms with Crippen LogP contribution in [0.25, 0.3) is 0 Å². The molecule has 1 rings (SSSR count). The van der Waals surface area contributed by atoms with Crippen molar-refractivity contribution in [2.24, 2.45) is 5.41 Å². The van der Waals surface area contributed by atoms with Crippen molar-refractivity contribution in [2.75, 3.05) is 6.54 Å². The molecule has 0 aliphatic carbocycles. The van der Waals surface area contributed by atoms with E-state index in [1.165, 1.54) is 12.0 Å². The van der Waals surface area contributed by atoms with Crippen molar-refractivity contribution in [3.8, 4) is 0 Å². The third-order valence-electron chi connectivity index (χ3n) is 2.94. The van der Waals surface area contributed by atoms with Crippen molar-refractivity contribution < 1.29 is 0 Å². The van der Waals surface area contributed by atoms with Crippen molar-refractivity contribution in [1.82, 2.24) is 10.3 Å². The highest BCUT2D eigenvalue weighted by molar-refractivity contribution is 5.08. The summed E-state index contributed by atoms with van der Waals surface area (Å²) in [6.45, 7) is 10.1. The number of pyridine rings is 1. The predicted octanol–water partition coefficient (Wildman–Crippen LogP) is 3.04. The van der Waals surface area contributed by atoms with Gasteiger partial charge in [-0.25, -0.2) is 0 Å². The summed E-state index contributed by atoms with van der Waals surface area (Å²) in [5.41, 5.74) is 1.65. The third kappa shape index (κ3) is 4.31. The lowest BCUT2D eigenvalue weighted by molar-refractivity contribution is 0.258. The summed E-state index contributed by atoms with van der Waals surface area (Å²) in [6.07, 6.45) is 6.06. The normalized spacial score (nSPS) is 13.8. The second-order valence-corrected chi connectivity index (χ2v) is 5.38. The molecule has 1 heterocycles. The molecule has 1 aromatic rings. The van der Waals surface area contributed by atoms with E-state index in [1.807, 2.05) is 18.5 Å². The Kier molecular flexibility index (Phi) is 4.94. The maximum absolute atomic E-state index is 4.15. The van der Waals surface area contributed by atoms with Crippen LogP contribution in [0.3, 0.4) is 0 Å². The summed E-state index contributed by atoms with van der Waals surface area (Å²) >= 11 is 0. The van der Waals surface area contributed by atoms with Gasteiger partial charge in [-0.2, -0.15) is 0 Å². The first-order valence-electron chi connectivity index (χ1n) is 6.16. The lowest BCUT2D eigenvalue weighted by Gasteiger charge is -2.31. The van der Waals surface area contributed by atoms with Crippen molar-refractivity contribution in [2.45, 2.75) is 46.6 Å². The molecule has 0 radical (unpaired) electrons. The van der Waals surface area contributed by atoms with Crippen molar-refractivity contribution in [3.63, 3.8) is 0 Å². The molecule has 0 aromatic carbocycles. The fourth-order valence-corrected chi connectivity index (χ4v) is 1.94. The number of nitrogens with one attached hydrogen (secondary N) is 1. The van der Waals surface area contributed by atoms with Crippen LogP contribution in [-0.4, -0.2) is 17.6 Å². The highest BCUT2D eigenvalue weighted by atomic mass is 14.9. The summed E-state index contributed by atoms with van der Waals surface area (Å²) in [4.78, 5) is 4.15. The van der Waals surface area contributed by atoms with E-state index in [0.717, 1.165) is 13.0 Å². The van der Waals surface area contributed by atoms with Crippen LogP contribution < -0.4 is 5.32 Å². The van der Waals surface area contributed by atoms with Gasteiger partial charge in [-0.05, 0) is 36.4 Å². The van der Waals surface area contributed by atoms with Gasteiger partial charge in [0, 0.05) is 18.4 Å². The molecular weight excluding hydrogens is 196 g/mol. The number of hydrogen-bond donors (Lipinski definition) is 1. The van der Waals surface area contributed by atoms with Crippen LogP contribution in [0, 0.1) is 5.41 Å². The summed E-state index contributed by atoms with van der Waals surface area (Å²) in [7, 11) is 0. The molecule has 0 amide bonds. The first-order valence-corrected chi connectivity index (χ1v) is 6.16. The molecule has 0 saturated heterocycles. The highest BCUT2D eigenvalue weighted by Crippen LogP contribution is 2.23. The van der Waals surface area contributed by atoms with Gasteiger partial charge in [0.1, 0.15) is 0 Å². The second kappa shape index (κ2) is 6.00. The Hall–Kier alpha value is -0.890. The topological polar surface area (TPSA) is 24.9 Å². The van der Waals surface area contributed by atoms with Gasteiger partial charge >= 0.3 is 0 Å². The van der Waals surface area contributed by atoms with Crippen LogP contribution in [0.2, 0.25) is 0 Å². The largest absolute Gasteiger partial charge is 0.314 e.